The third-order valence-corrected chi connectivity index (χ3v) is 20.6. The van der Waals surface area contributed by atoms with Crippen LogP contribution in [0.2, 0.25) is 0 Å². The maximum absolute atomic E-state index is 13.1. The van der Waals surface area contributed by atoms with Crippen molar-refractivity contribution in [1.82, 2.24) is 0 Å². The topological polar surface area (TPSA) is 237 Å². The van der Waals surface area contributed by atoms with E-state index in [1.165, 1.54) is 205 Å². The molecule has 0 aromatic carbocycles. The molecule has 0 rings (SSSR count). The molecule has 0 bridgehead atoms. The van der Waals surface area contributed by atoms with E-state index < -0.39 is 97.5 Å². The third-order valence-electron chi connectivity index (χ3n) is 18.7. The second-order valence-corrected chi connectivity index (χ2v) is 33.0. The fraction of sp³-hybridized carbons (Fsp3) is 0.949. The van der Waals surface area contributed by atoms with Gasteiger partial charge in [0.2, 0.25) is 0 Å². The largest absolute Gasteiger partial charge is 0.472 e. The highest BCUT2D eigenvalue weighted by molar-refractivity contribution is 7.47. The highest BCUT2D eigenvalue weighted by atomic mass is 31.2. The first kappa shape index (κ1) is 96.1. The van der Waals surface area contributed by atoms with E-state index in [4.69, 9.17) is 37.0 Å². The maximum atomic E-state index is 13.1. The molecule has 0 radical (unpaired) electrons. The van der Waals surface area contributed by atoms with Gasteiger partial charge in [-0.15, -0.1) is 0 Å². The second kappa shape index (κ2) is 68.2. The van der Waals surface area contributed by atoms with E-state index in [-0.39, 0.29) is 25.7 Å². The summed E-state index contributed by atoms with van der Waals surface area (Å²) >= 11 is 0. The highest BCUT2D eigenvalue weighted by Crippen LogP contribution is 2.45. The first-order valence-electron chi connectivity index (χ1n) is 40.7. The van der Waals surface area contributed by atoms with Crippen molar-refractivity contribution in [1.29, 1.82) is 0 Å². The minimum atomic E-state index is -4.96. The van der Waals surface area contributed by atoms with Crippen LogP contribution in [0, 0.1) is 23.7 Å². The molecule has 0 spiro atoms. The highest BCUT2D eigenvalue weighted by Gasteiger charge is 2.30. The predicted octanol–water partition coefficient (Wildman–Crippen LogP) is 23.2. The molecule has 3 N–H and O–H groups in total. The third kappa shape index (κ3) is 71.1. The standard InChI is InChI=1S/C79H154O17P2/c1-9-72(8)58-50-42-34-28-30-38-46-54-62-79(84)96-75(66-90-77(82)60-52-44-36-29-27-33-41-49-57-71(6)7)68-94-98(87,88)92-64-73(80)63-91-97(85,86)93-67-74(65-89-76(81)59-51-43-35-25-22-18-20-24-32-40-48-56-70(4)5)95-78(83)61-53-45-37-26-21-17-15-13-11-10-12-14-16-19-23-31-39-47-55-69(2)3/h69-75,80H,9-68H2,1-8H3,(H,85,86)(H,87,88)/t72?,73?,74-,75-/m1/s1. The maximum Gasteiger partial charge on any atom is 0.472 e. The van der Waals surface area contributed by atoms with Gasteiger partial charge in [-0.3, -0.25) is 37.3 Å². The van der Waals surface area contributed by atoms with Crippen LogP contribution < -0.4 is 0 Å². The van der Waals surface area contributed by atoms with Gasteiger partial charge in [0.15, 0.2) is 12.2 Å². The molecule has 0 amide bonds. The van der Waals surface area contributed by atoms with Crippen LogP contribution in [0.4, 0.5) is 0 Å². The number of ether oxygens (including phenoxy) is 4. The molecule has 0 aromatic rings. The average Bonchev–Trinajstić information content (AvgIpc) is 1.03. The van der Waals surface area contributed by atoms with Crippen molar-refractivity contribution >= 4 is 39.5 Å². The molecule has 0 aliphatic rings. The van der Waals surface area contributed by atoms with Gasteiger partial charge >= 0.3 is 39.5 Å². The summed E-state index contributed by atoms with van der Waals surface area (Å²) < 4.78 is 68.6. The fourth-order valence-corrected chi connectivity index (χ4v) is 13.6. The molecule has 0 fully saturated rings. The van der Waals surface area contributed by atoms with Crippen LogP contribution >= 0.6 is 15.6 Å². The van der Waals surface area contributed by atoms with Crippen LogP contribution in [0.5, 0.6) is 0 Å². The Morgan fingerprint density at radius 3 is 0.724 bits per heavy atom. The van der Waals surface area contributed by atoms with Crippen LogP contribution in [0.3, 0.4) is 0 Å². The fourth-order valence-electron chi connectivity index (χ4n) is 12.0. The molecule has 0 saturated carbocycles. The summed E-state index contributed by atoms with van der Waals surface area (Å²) in [6.07, 6.45) is 54.2. The number of esters is 4. The quantitative estimate of drug-likeness (QED) is 0.0222. The summed E-state index contributed by atoms with van der Waals surface area (Å²) in [7, 11) is -9.92. The minimum absolute atomic E-state index is 0.104. The molecule has 17 nitrogen and oxygen atoms in total. The lowest BCUT2D eigenvalue weighted by Gasteiger charge is -2.21. The molecule has 6 atom stereocenters. The number of aliphatic hydroxyl groups is 1. The molecular weight excluding hydrogens is 1280 g/mol. The lowest BCUT2D eigenvalue weighted by molar-refractivity contribution is -0.161. The molecule has 0 heterocycles. The predicted molar refractivity (Wildman–Crippen MR) is 400 cm³/mol. The van der Waals surface area contributed by atoms with Crippen LogP contribution in [0.15, 0.2) is 0 Å². The molecule has 0 saturated heterocycles. The van der Waals surface area contributed by atoms with Crippen LogP contribution in [-0.4, -0.2) is 96.7 Å². The Hall–Kier alpha value is -1.94. The Morgan fingerprint density at radius 1 is 0.286 bits per heavy atom. The summed E-state index contributed by atoms with van der Waals surface area (Å²) in [5, 5.41) is 10.6. The Labute approximate surface area is 600 Å². The lowest BCUT2D eigenvalue weighted by Crippen LogP contribution is -2.30. The van der Waals surface area contributed by atoms with Crippen LogP contribution in [0.1, 0.15) is 402 Å². The van der Waals surface area contributed by atoms with E-state index in [1.807, 2.05) is 0 Å². The Kier molecular flexibility index (Phi) is 66.8. The summed E-state index contributed by atoms with van der Waals surface area (Å²) in [6.45, 7) is 14.2. The van der Waals surface area contributed by atoms with Gasteiger partial charge in [0.05, 0.1) is 26.4 Å². The van der Waals surface area contributed by atoms with Gasteiger partial charge in [0, 0.05) is 25.7 Å². The molecule has 19 heteroatoms. The van der Waals surface area contributed by atoms with Gasteiger partial charge in [-0.05, 0) is 49.4 Å². The van der Waals surface area contributed by atoms with E-state index in [0.717, 1.165) is 114 Å². The number of unbranched alkanes of at least 4 members (excludes halogenated alkanes) is 41. The SMILES string of the molecule is CCC(C)CCCCCCCCCCC(=O)O[C@H](COC(=O)CCCCCCCCCCC(C)C)COP(=O)(O)OCC(O)COP(=O)(O)OC[C@@H](COC(=O)CCCCCCCCCCCCCC(C)C)OC(=O)CCCCCCCCCCCCCCCCCCCCC(C)C. The van der Waals surface area contributed by atoms with Gasteiger partial charge in [0.1, 0.15) is 19.3 Å². The molecule has 0 aromatic heterocycles. The van der Waals surface area contributed by atoms with Crippen molar-refractivity contribution in [2.75, 3.05) is 39.6 Å². The molecule has 582 valence electrons. The summed E-state index contributed by atoms with van der Waals surface area (Å²) in [4.78, 5) is 72.9. The number of aliphatic hydroxyl groups excluding tert-OH is 1. The van der Waals surface area contributed by atoms with Gasteiger partial charge in [0.25, 0.3) is 0 Å². The summed E-state index contributed by atoms with van der Waals surface area (Å²) in [5.41, 5.74) is 0. The van der Waals surface area contributed by atoms with Gasteiger partial charge in [-0.25, -0.2) is 9.13 Å². The monoisotopic (exact) mass is 1440 g/mol. The van der Waals surface area contributed by atoms with E-state index in [1.54, 1.807) is 0 Å². The Bertz CT molecular complexity index is 1920. The van der Waals surface area contributed by atoms with E-state index in [2.05, 4.69) is 55.4 Å². The second-order valence-electron chi connectivity index (χ2n) is 30.1. The lowest BCUT2D eigenvalue weighted by atomic mass is 9.99. The first-order valence-corrected chi connectivity index (χ1v) is 43.7. The van der Waals surface area contributed by atoms with Gasteiger partial charge in [-0.2, -0.15) is 0 Å². The Morgan fingerprint density at radius 2 is 0.490 bits per heavy atom. The van der Waals surface area contributed by atoms with Crippen molar-refractivity contribution in [2.45, 2.75) is 420 Å². The van der Waals surface area contributed by atoms with Gasteiger partial charge in [-0.1, -0.05) is 351 Å². The smallest absolute Gasteiger partial charge is 0.462 e. The number of carbonyl (C=O) groups excluding carboxylic acids is 4. The molecule has 0 aliphatic heterocycles. The first-order chi connectivity index (χ1) is 47.1. The van der Waals surface area contributed by atoms with E-state index in [9.17, 15) is 43.2 Å². The van der Waals surface area contributed by atoms with Crippen molar-refractivity contribution in [2.24, 2.45) is 23.7 Å². The van der Waals surface area contributed by atoms with Crippen molar-refractivity contribution in [3.05, 3.63) is 0 Å². The zero-order chi connectivity index (χ0) is 72.4. The number of carbonyl (C=O) groups is 4. The molecular formula is C79H154O17P2. The van der Waals surface area contributed by atoms with Gasteiger partial charge < -0.3 is 33.8 Å². The number of hydrogen-bond donors (Lipinski definition) is 3. The molecule has 4 unspecified atom stereocenters. The molecule has 98 heavy (non-hydrogen) atoms. The van der Waals surface area contributed by atoms with E-state index >= 15 is 0 Å². The number of hydrogen-bond acceptors (Lipinski definition) is 15. The summed E-state index contributed by atoms with van der Waals surface area (Å²) in [6, 6.07) is 0. The van der Waals surface area contributed by atoms with Crippen molar-refractivity contribution in [3.8, 4) is 0 Å². The average molecular weight is 1440 g/mol. The number of rotatable bonds is 76. The Balaban J connectivity index is 5.23. The zero-order valence-corrected chi connectivity index (χ0v) is 66.2. The number of phosphoric acid groups is 2. The van der Waals surface area contributed by atoms with Crippen molar-refractivity contribution in [3.63, 3.8) is 0 Å². The minimum Gasteiger partial charge on any atom is -0.462 e. The zero-order valence-electron chi connectivity index (χ0n) is 64.4. The summed E-state index contributed by atoms with van der Waals surface area (Å²) in [5.74, 6) is 0.968. The van der Waals surface area contributed by atoms with Crippen LogP contribution in [-0.2, 0) is 65.4 Å². The molecule has 0 aliphatic carbocycles. The van der Waals surface area contributed by atoms with Crippen molar-refractivity contribution < 1.29 is 80.2 Å². The number of phosphoric ester groups is 2. The normalized spacial score (nSPS) is 14.3. The van der Waals surface area contributed by atoms with E-state index in [0.29, 0.717) is 25.7 Å². The van der Waals surface area contributed by atoms with Crippen LogP contribution in [0.25, 0.3) is 0 Å².